The highest BCUT2D eigenvalue weighted by Crippen LogP contribution is 2.13. The van der Waals surface area contributed by atoms with Gasteiger partial charge in [-0.05, 0) is 17.7 Å². The third-order valence-corrected chi connectivity index (χ3v) is 2.78. The summed E-state index contributed by atoms with van der Waals surface area (Å²) in [4.78, 5) is 33.7. The third kappa shape index (κ3) is 3.81. The van der Waals surface area contributed by atoms with Crippen molar-refractivity contribution in [3.8, 4) is 0 Å². The van der Waals surface area contributed by atoms with E-state index in [0.717, 1.165) is 5.56 Å². The topological polar surface area (TPSA) is 81.7 Å². The number of esters is 2. The summed E-state index contributed by atoms with van der Waals surface area (Å²) in [5.41, 5.74) is 1.41. The predicted octanol–water partition coefficient (Wildman–Crippen LogP) is 1.05. The van der Waals surface area contributed by atoms with Gasteiger partial charge in [-0.1, -0.05) is 12.1 Å². The molecule has 1 saturated heterocycles. The molecule has 20 heavy (non-hydrogen) atoms. The molecule has 0 radical (unpaired) electrons. The Morgan fingerprint density at radius 2 is 2.05 bits per heavy atom. The molecular formula is C14H15NO5. The molecule has 0 aliphatic carbocycles. The normalized spacial score (nSPS) is 17.4. The van der Waals surface area contributed by atoms with Crippen molar-refractivity contribution in [2.24, 2.45) is 0 Å². The van der Waals surface area contributed by atoms with Crippen LogP contribution >= 0.6 is 0 Å². The van der Waals surface area contributed by atoms with Crippen LogP contribution in [0.5, 0.6) is 0 Å². The van der Waals surface area contributed by atoms with Crippen LogP contribution in [-0.4, -0.2) is 30.6 Å². The molecule has 6 nitrogen and oxygen atoms in total. The summed E-state index contributed by atoms with van der Waals surface area (Å²) in [6, 6.07) is 6.85. The van der Waals surface area contributed by atoms with Gasteiger partial charge in [-0.15, -0.1) is 0 Å². The Labute approximate surface area is 116 Å². The molecule has 0 spiro atoms. The lowest BCUT2D eigenvalue weighted by Crippen LogP contribution is -2.23. The van der Waals surface area contributed by atoms with Crippen LogP contribution in [0.15, 0.2) is 24.3 Å². The average Bonchev–Trinajstić information content (AvgIpc) is 2.77. The van der Waals surface area contributed by atoms with E-state index >= 15 is 0 Å². The standard InChI is InChI=1S/C14H15NO5/c1-9(16)15-11-4-2-10(3-5-11)8-13(17)20-12-6-7-19-14(12)18/h2-5,12H,6-8H2,1H3,(H,15,16)/t12-/m1/s1. The molecule has 0 bridgehead atoms. The van der Waals surface area contributed by atoms with Gasteiger partial charge in [0.05, 0.1) is 13.0 Å². The quantitative estimate of drug-likeness (QED) is 0.832. The van der Waals surface area contributed by atoms with Crippen molar-refractivity contribution >= 4 is 23.5 Å². The minimum atomic E-state index is -0.777. The zero-order valence-corrected chi connectivity index (χ0v) is 11.0. The van der Waals surface area contributed by atoms with E-state index in [-0.39, 0.29) is 12.3 Å². The zero-order chi connectivity index (χ0) is 14.5. The fourth-order valence-corrected chi connectivity index (χ4v) is 1.86. The van der Waals surface area contributed by atoms with E-state index in [4.69, 9.17) is 9.47 Å². The number of ether oxygens (including phenoxy) is 2. The summed E-state index contributed by atoms with van der Waals surface area (Å²) < 4.78 is 9.75. The van der Waals surface area contributed by atoms with Crippen molar-refractivity contribution in [3.63, 3.8) is 0 Å². The minimum absolute atomic E-state index is 0.0735. The molecule has 2 rings (SSSR count). The number of hydrogen-bond acceptors (Lipinski definition) is 5. The highest BCUT2D eigenvalue weighted by molar-refractivity contribution is 5.88. The van der Waals surface area contributed by atoms with Crippen molar-refractivity contribution in [2.45, 2.75) is 25.9 Å². The Balaban J connectivity index is 1.87. The molecule has 0 saturated carbocycles. The molecule has 1 heterocycles. The van der Waals surface area contributed by atoms with E-state index < -0.39 is 18.0 Å². The van der Waals surface area contributed by atoms with Crippen molar-refractivity contribution in [1.29, 1.82) is 0 Å². The largest absolute Gasteiger partial charge is 0.463 e. The highest BCUT2D eigenvalue weighted by Gasteiger charge is 2.29. The van der Waals surface area contributed by atoms with Crippen LogP contribution in [0, 0.1) is 0 Å². The van der Waals surface area contributed by atoms with Gasteiger partial charge in [0.1, 0.15) is 0 Å². The summed E-state index contributed by atoms with van der Waals surface area (Å²) in [6.45, 7) is 1.72. The van der Waals surface area contributed by atoms with Gasteiger partial charge in [0, 0.05) is 19.0 Å². The first-order chi connectivity index (χ1) is 9.54. The van der Waals surface area contributed by atoms with Crippen molar-refractivity contribution in [3.05, 3.63) is 29.8 Å². The molecule has 1 N–H and O–H groups in total. The first-order valence-corrected chi connectivity index (χ1v) is 6.27. The molecule has 1 atom stereocenters. The smallest absolute Gasteiger partial charge is 0.347 e. The highest BCUT2D eigenvalue weighted by atomic mass is 16.6. The van der Waals surface area contributed by atoms with Crippen LogP contribution in [0.25, 0.3) is 0 Å². The van der Waals surface area contributed by atoms with Gasteiger partial charge in [-0.25, -0.2) is 4.79 Å². The first-order valence-electron chi connectivity index (χ1n) is 6.27. The zero-order valence-electron chi connectivity index (χ0n) is 11.0. The summed E-state index contributed by atoms with van der Waals surface area (Å²) >= 11 is 0. The molecule has 106 valence electrons. The van der Waals surface area contributed by atoms with Gasteiger partial charge in [-0.2, -0.15) is 0 Å². The van der Waals surface area contributed by atoms with Crippen LogP contribution in [0.3, 0.4) is 0 Å². The monoisotopic (exact) mass is 277 g/mol. The van der Waals surface area contributed by atoms with Crippen molar-refractivity contribution < 1.29 is 23.9 Å². The molecule has 1 aliphatic heterocycles. The van der Waals surface area contributed by atoms with Gasteiger partial charge in [-0.3, -0.25) is 9.59 Å². The van der Waals surface area contributed by atoms with Crippen molar-refractivity contribution in [1.82, 2.24) is 0 Å². The van der Waals surface area contributed by atoms with Gasteiger partial charge >= 0.3 is 11.9 Å². The van der Waals surface area contributed by atoms with E-state index in [1.54, 1.807) is 24.3 Å². The molecule has 1 aromatic rings. The lowest BCUT2D eigenvalue weighted by Gasteiger charge is -2.08. The molecule has 1 amide bonds. The average molecular weight is 277 g/mol. The Bertz CT molecular complexity index is 523. The summed E-state index contributed by atoms with van der Waals surface area (Å²) in [5.74, 6) is -1.11. The lowest BCUT2D eigenvalue weighted by atomic mass is 10.1. The third-order valence-electron chi connectivity index (χ3n) is 2.78. The number of hydrogen-bond donors (Lipinski definition) is 1. The van der Waals surface area contributed by atoms with Gasteiger partial charge < -0.3 is 14.8 Å². The van der Waals surface area contributed by atoms with Crippen molar-refractivity contribution in [2.75, 3.05) is 11.9 Å². The Kier molecular flexibility index (Phi) is 4.34. The predicted molar refractivity (Wildman–Crippen MR) is 69.9 cm³/mol. The molecule has 0 aromatic heterocycles. The second-order valence-electron chi connectivity index (χ2n) is 4.49. The molecular weight excluding hydrogens is 262 g/mol. The van der Waals surface area contributed by atoms with E-state index in [1.807, 2.05) is 0 Å². The molecule has 0 unspecified atom stereocenters. The number of carbonyl (C=O) groups is 3. The van der Waals surface area contributed by atoms with E-state index in [2.05, 4.69) is 5.32 Å². The van der Waals surface area contributed by atoms with E-state index in [1.165, 1.54) is 6.92 Å². The van der Waals surface area contributed by atoms with Crippen LogP contribution in [0.4, 0.5) is 5.69 Å². The van der Waals surface area contributed by atoms with Gasteiger partial charge in [0.15, 0.2) is 0 Å². The number of carbonyl (C=O) groups excluding carboxylic acids is 3. The maximum Gasteiger partial charge on any atom is 0.347 e. The van der Waals surface area contributed by atoms with Crippen LogP contribution in [-0.2, 0) is 30.3 Å². The lowest BCUT2D eigenvalue weighted by molar-refractivity contribution is -0.159. The van der Waals surface area contributed by atoms with Gasteiger partial charge in [0.25, 0.3) is 0 Å². The minimum Gasteiger partial charge on any atom is -0.463 e. The number of anilines is 1. The molecule has 1 aromatic carbocycles. The number of cyclic esters (lactones) is 1. The SMILES string of the molecule is CC(=O)Nc1ccc(CC(=O)O[C@@H]2CCOC2=O)cc1. The second kappa shape index (κ2) is 6.18. The van der Waals surface area contributed by atoms with Crippen LogP contribution < -0.4 is 5.32 Å². The number of nitrogens with one attached hydrogen (secondary N) is 1. The van der Waals surface area contributed by atoms with Crippen LogP contribution in [0.1, 0.15) is 18.9 Å². The number of benzene rings is 1. The van der Waals surface area contributed by atoms with Gasteiger partial charge in [0.2, 0.25) is 12.0 Å². The Morgan fingerprint density at radius 1 is 1.35 bits per heavy atom. The molecule has 1 aliphatic rings. The summed E-state index contributed by atoms with van der Waals surface area (Å²) in [6.07, 6.45) is -0.294. The first kappa shape index (κ1) is 14.0. The number of rotatable bonds is 4. The van der Waals surface area contributed by atoms with E-state index in [0.29, 0.717) is 18.7 Å². The fraction of sp³-hybridized carbons (Fsp3) is 0.357. The van der Waals surface area contributed by atoms with E-state index in [9.17, 15) is 14.4 Å². The van der Waals surface area contributed by atoms with Crippen LogP contribution in [0.2, 0.25) is 0 Å². The second-order valence-corrected chi connectivity index (χ2v) is 4.49. The maximum atomic E-state index is 11.7. The Morgan fingerprint density at radius 3 is 2.60 bits per heavy atom. The molecule has 1 fully saturated rings. The maximum absolute atomic E-state index is 11.7. The number of amides is 1. The summed E-state index contributed by atoms with van der Waals surface area (Å²) in [7, 11) is 0. The fourth-order valence-electron chi connectivity index (χ4n) is 1.86. The summed E-state index contributed by atoms with van der Waals surface area (Å²) in [5, 5.41) is 2.63. The Hall–Kier alpha value is -2.37. The molecule has 6 heteroatoms.